The van der Waals surface area contributed by atoms with Gasteiger partial charge in [0.1, 0.15) is 5.52 Å². The molecular weight excluding hydrogens is 446 g/mol. The van der Waals surface area contributed by atoms with Gasteiger partial charge in [-0.25, -0.2) is 9.78 Å². The summed E-state index contributed by atoms with van der Waals surface area (Å²) in [6, 6.07) is 11.0. The zero-order valence-electron chi connectivity index (χ0n) is 17.3. The second-order valence-electron chi connectivity index (χ2n) is 6.87. The summed E-state index contributed by atoms with van der Waals surface area (Å²) in [6.07, 6.45) is 2.20. The lowest BCUT2D eigenvalue weighted by Gasteiger charge is -2.15. The van der Waals surface area contributed by atoms with E-state index in [1.807, 2.05) is 0 Å². The van der Waals surface area contributed by atoms with Crippen LogP contribution in [0.5, 0.6) is 0 Å². The van der Waals surface area contributed by atoms with Gasteiger partial charge in [-0.3, -0.25) is 30.2 Å². The number of nitrogens with zero attached hydrogens (tertiary/aromatic N) is 4. The van der Waals surface area contributed by atoms with Crippen molar-refractivity contribution < 1.29 is 19.2 Å². The smallest absolute Gasteiger partial charge is 0.341 e. The molecule has 2 aromatic heterocycles. The van der Waals surface area contributed by atoms with E-state index in [4.69, 9.17) is 4.74 Å². The first kappa shape index (κ1) is 22.0. The Balaban J connectivity index is 1.47. The lowest BCUT2D eigenvalue weighted by molar-refractivity contribution is -0.384. The van der Waals surface area contributed by atoms with Crippen molar-refractivity contribution in [3.63, 3.8) is 0 Å². The Labute approximate surface area is 191 Å². The standard InChI is InChI=1S/C22H17N5O5S/c1-2-18(32-21(29)15-7-4-8-16-19(15)24-10-9-23-16)20(28)26-22-25-17(12-33-22)13-5-3-6-14(11-13)27(30)31/h3-12,18H,2H2,1H3,(H,25,26,28). The molecule has 0 aliphatic heterocycles. The van der Waals surface area contributed by atoms with Crippen molar-refractivity contribution >= 4 is 45.1 Å². The number of para-hydroxylation sites is 1. The van der Waals surface area contributed by atoms with Gasteiger partial charge in [0.15, 0.2) is 11.2 Å². The minimum absolute atomic E-state index is 0.0535. The van der Waals surface area contributed by atoms with Crippen LogP contribution in [-0.4, -0.2) is 37.9 Å². The second kappa shape index (κ2) is 9.49. The number of ether oxygens (including phenoxy) is 1. The van der Waals surface area contributed by atoms with Crippen LogP contribution >= 0.6 is 11.3 Å². The molecule has 2 heterocycles. The predicted octanol–water partition coefficient (Wildman–Crippen LogP) is 4.24. The van der Waals surface area contributed by atoms with Crippen LogP contribution in [0.2, 0.25) is 0 Å². The van der Waals surface area contributed by atoms with Crippen molar-refractivity contribution in [2.75, 3.05) is 5.32 Å². The first-order valence-electron chi connectivity index (χ1n) is 9.88. The molecule has 11 heteroatoms. The third-order valence-corrected chi connectivity index (χ3v) is 5.48. The summed E-state index contributed by atoms with van der Waals surface area (Å²) in [4.78, 5) is 48.6. The normalized spacial score (nSPS) is 11.7. The Morgan fingerprint density at radius 2 is 1.97 bits per heavy atom. The number of anilines is 1. The number of carbonyl (C=O) groups excluding carboxylic acids is 2. The molecule has 166 valence electrons. The topological polar surface area (TPSA) is 137 Å². The predicted molar refractivity (Wildman–Crippen MR) is 122 cm³/mol. The first-order valence-corrected chi connectivity index (χ1v) is 10.8. The molecule has 1 amide bonds. The van der Waals surface area contributed by atoms with Gasteiger partial charge in [0.25, 0.3) is 11.6 Å². The van der Waals surface area contributed by atoms with Crippen LogP contribution in [0.4, 0.5) is 10.8 Å². The fourth-order valence-electron chi connectivity index (χ4n) is 3.10. The van der Waals surface area contributed by atoms with E-state index in [2.05, 4.69) is 20.3 Å². The van der Waals surface area contributed by atoms with Crippen molar-refractivity contribution in [3.8, 4) is 11.3 Å². The number of benzene rings is 2. The van der Waals surface area contributed by atoms with Gasteiger partial charge in [-0.15, -0.1) is 11.3 Å². The number of non-ortho nitro benzene ring substituents is 1. The Hall–Kier alpha value is -4.25. The molecule has 2 aromatic carbocycles. The van der Waals surface area contributed by atoms with Crippen LogP contribution in [0.3, 0.4) is 0 Å². The van der Waals surface area contributed by atoms with Crippen molar-refractivity contribution in [3.05, 3.63) is 75.9 Å². The summed E-state index contributed by atoms with van der Waals surface area (Å²) in [5.74, 6) is -1.21. The maximum absolute atomic E-state index is 12.7. The van der Waals surface area contributed by atoms with Gasteiger partial charge < -0.3 is 4.74 Å². The zero-order valence-corrected chi connectivity index (χ0v) is 18.1. The van der Waals surface area contributed by atoms with Crippen molar-refractivity contribution in [1.29, 1.82) is 0 Å². The molecule has 0 radical (unpaired) electrons. The Kier molecular flexibility index (Phi) is 6.31. The van der Waals surface area contributed by atoms with Crippen molar-refractivity contribution in [2.45, 2.75) is 19.4 Å². The third kappa shape index (κ3) is 4.83. The molecule has 1 N–H and O–H groups in total. The number of amides is 1. The number of aromatic nitrogens is 3. The van der Waals surface area contributed by atoms with E-state index in [-0.39, 0.29) is 22.8 Å². The SMILES string of the molecule is CCC(OC(=O)c1cccc2nccnc12)C(=O)Nc1nc(-c2cccc([N+](=O)[O-])c2)cs1. The number of rotatable bonds is 7. The minimum atomic E-state index is -1.05. The van der Waals surface area contributed by atoms with Crippen LogP contribution in [0, 0.1) is 10.1 Å². The highest BCUT2D eigenvalue weighted by molar-refractivity contribution is 7.14. The number of nitro groups is 1. The quantitative estimate of drug-likeness (QED) is 0.244. The van der Waals surface area contributed by atoms with E-state index in [0.29, 0.717) is 22.3 Å². The summed E-state index contributed by atoms with van der Waals surface area (Å²) < 4.78 is 5.44. The number of thiazole rings is 1. The molecule has 10 nitrogen and oxygen atoms in total. The van der Waals surface area contributed by atoms with Crippen LogP contribution in [0.15, 0.2) is 60.2 Å². The number of hydrogen-bond acceptors (Lipinski definition) is 9. The zero-order chi connectivity index (χ0) is 23.4. The number of fused-ring (bicyclic) bond motifs is 1. The highest BCUT2D eigenvalue weighted by Crippen LogP contribution is 2.27. The number of nitrogens with one attached hydrogen (secondary N) is 1. The van der Waals surface area contributed by atoms with E-state index in [0.717, 1.165) is 11.3 Å². The van der Waals surface area contributed by atoms with Crippen molar-refractivity contribution in [1.82, 2.24) is 15.0 Å². The van der Waals surface area contributed by atoms with Crippen LogP contribution in [-0.2, 0) is 9.53 Å². The summed E-state index contributed by atoms with van der Waals surface area (Å²) in [5, 5.41) is 15.6. The molecule has 0 fully saturated rings. The summed E-state index contributed by atoms with van der Waals surface area (Å²) in [7, 11) is 0. The van der Waals surface area contributed by atoms with Gasteiger partial charge in [-0.2, -0.15) is 0 Å². The van der Waals surface area contributed by atoms with Crippen LogP contribution in [0.25, 0.3) is 22.3 Å². The molecule has 33 heavy (non-hydrogen) atoms. The number of nitro benzene ring substituents is 1. The lowest BCUT2D eigenvalue weighted by atomic mass is 10.1. The summed E-state index contributed by atoms with van der Waals surface area (Å²) in [6.45, 7) is 1.72. The molecule has 0 aliphatic rings. The van der Waals surface area contributed by atoms with Crippen LogP contribution in [0.1, 0.15) is 23.7 Å². The highest BCUT2D eigenvalue weighted by atomic mass is 32.1. The average Bonchev–Trinajstić information content (AvgIpc) is 3.30. The second-order valence-corrected chi connectivity index (χ2v) is 7.72. The Bertz CT molecular complexity index is 1350. The van der Waals surface area contributed by atoms with E-state index >= 15 is 0 Å². The fourth-order valence-corrected chi connectivity index (χ4v) is 3.82. The number of esters is 1. The first-order chi connectivity index (χ1) is 16.0. The molecule has 0 spiro atoms. The molecule has 4 aromatic rings. The van der Waals surface area contributed by atoms with Gasteiger partial charge in [-0.05, 0) is 18.6 Å². The summed E-state index contributed by atoms with van der Waals surface area (Å²) >= 11 is 1.16. The van der Waals surface area contributed by atoms with E-state index < -0.39 is 22.9 Å². The minimum Gasteiger partial charge on any atom is -0.449 e. The van der Waals surface area contributed by atoms with Crippen molar-refractivity contribution in [2.24, 2.45) is 0 Å². The number of hydrogen-bond donors (Lipinski definition) is 1. The number of carbonyl (C=O) groups is 2. The molecule has 0 saturated carbocycles. The average molecular weight is 463 g/mol. The van der Waals surface area contributed by atoms with Gasteiger partial charge in [0.2, 0.25) is 0 Å². The molecule has 0 bridgehead atoms. The maximum Gasteiger partial charge on any atom is 0.341 e. The highest BCUT2D eigenvalue weighted by Gasteiger charge is 2.24. The summed E-state index contributed by atoms with van der Waals surface area (Å²) in [5.41, 5.74) is 2.13. The molecule has 0 saturated heterocycles. The monoisotopic (exact) mass is 463 g/mol. The van der Waals surface area contributed by atoms with E-state index in [1.54, 1.807) is 42.6 Å². The van der Waals surface area contributed by atoms with E-state index in [9.17, 15) is 19.7 Å². The molecule has 4 rings (SSSR count). The fraction of sp³-hybridized carbons (Fsp3) is 0.136. The van der Waals surface area contributed by atoms with Crippen LogP contribution < -0.4 is 5.32 Å². The maximum atomic E-state index is 12.7. The van der Waals surface area contributed by atoms with E-state index in [1.165, 1.54) is 24.5 Å². The van der Waals surface area contributed by atoms with Gasteiger partial charge in [-0.1, -0.05) is 25.1 Å². The third-order valence-electron chi connectivity index (χ3n) is 4.72. The van der Waals surface area contributed by atoms with Gasteiger partial charge in [0.05, 0.1) is 21.7 Å². The largest absolute Gasteiger partial charge is 0.449 e. The molecule has 0 aliphatic carbocycles. The molecular formula is C22H17N5O5S. The van der Waals surface area contributed by atoms with Gasteiger partial charge >= 0.3 is 5.97 Å². The lowest BCUT2D eigenvalue weighted by Crippen LogP contribution is -2.32. The molecule has 1 unspecified atom stereocenters. The molecule has 1 atom stereocenters. The Morgan fingerprint density at radius 3 is 2.76 bits per heavy atom. The van der Waals surface area contributed by atoms with Gasteiger partial charge in [0, 0.05) is 35.5 Å². The Morgan fingerprint density at radius 1 is 1.18 bits per heavy atom.